The van der Waals surface area contributed by atoms with E-state index in [1.165, 1.54) is 18.2 Å². The van der Waals surface area contributed by atoms with Gasteiger partial charge < -0.3 is 18.2 Å². The van der Waals surface area contributed by atoms with Crippen molar-refractivity contribution in [2.75, 3.05) is 0 Å². The average Bonchev–Trinajstić information content (AvgIpc) is 2.57. The first-order valence-electron chi connectivity index (χ1n) is 6.66. The molecule has 0 aliphatic carbocycles. The van der Waals surface area contributed by atoms with Crippen LogP contribution in [0.2, 0.25) is 0 Å². The second kappa shape index (κ2) is 9.92. The van der Waals surface area contributed by atoms with Crippen molar-refractivity contribution in [3.05, 3.63) is 52.8 Å². The molecule has 0 aliphatic rings. The highest BCUT2D eigenvalue weighted by atomic mass is 127. The topological polar surface area (TPSA) is 65.0 Å². The van der Waals surface area contributed by atoms with Crippen LogP contribution in [0.5, 0.6) is 17.2 Å². The molecule has 0 spiro atoms. The molecule has 2 aromatic carbocycles. The largest absolute Gasteiger partial charge is 0.487 e. The molecule has 0 heterocycles. The van der Waals surface area contributed by atoms with Gasteiger partial charge in [-0.25, -0.2) is 9.18 Å². The van der Waals surface area contributed by atoms with Crippen LogP contribution in [0.1, 0.15) is 21.5 Å². The van der Waals surface area contributed by atoms with E-state index < -0.39 is 5.97 Å². The molecule has 0 aliphatic heterocycles. The number of aromatic carboxylic acids is 1. The molecule has 0 radical (unpaired) electrons. The normalized spacial score (nSPS) is 10.4. The Labute approximate surface area is 176 Å². The second-order valence-electron chi connectivity index (χ2n) is 4.71. The van der Waals surface area contributed by atoms with E-state index in [0.29, 0.717) is 16.9 Å². The van der Waals surface area contributed by atoms with Gasteiger partial charge in [0.25, 0.3) is 0 Å². The van der Waals surface area contributed by atoms with Gasteiger partial charge >= 0.3 is 5.97 Å². The van der Waals surface area contributed by atoms with Crippen LogP contribution in [0.25, 0.3) is 0 Å². The van der Waals surface area contributed by atoms with E-state index in [0.717, 1.165) is 18.4 Å². The number of carboxylic acids is 1. The Balaban J connectivity index is 2.44. The van der Waals surface area contributed by atoms with Crippen molar-refractivity contribution < 1.29 is 27.4 Å². The molecule has 0 aromatic heterocycles. The molecule has 2 rings (SSSR count). The van der Waals surface area contributed by atoms with Crippen molar-refractivity contribution in [3.63, 3.8) is 0 Å². The average molecular weight is 608 g/mol. The summed E-state index contributed by atoms with van der Waals surface area (Å²) in [5.74, 6) is -0.798. The maximum absolute atomic E-state index is 13.0. The maximum atomic E-state index is 13.0. The first-order valence-corrected chi connectivity index (χ1v) is 13.2. The summed E-state index contributed by atoms with van der Waals surface area (Å²) < 4.78 is 29.6. The molecule has 0 bridgehead atoms. The summed E-state index contributed by atoms with van der Waals surface area (Å²) in [5, 5.41) is 9.58. The molecule has 0 saturated carbocycles. The van der Waals surface area contributed by atoms with E-state index in [1.54, 1.807) is 19.1 Å². The van der Waals surface area contributed by atoms with Crippen LogP contribution in [0.3, 0.4) is 0 Å². The van der Waals surface area contributed by atoms with Crippen molar-refractivity contribution in [1.82, 2.24) is 0 Å². The zero-order chi connectivity index (χ0) is 18.4. The minimum absolute atomic E-state index is 0.0824. The molecule has 1 N–H and O–H groups in total. The molecule has 134 valence electrons. The molecule has 10 heteroatoms. The first-order chi connectivity index (χ1) is 12.0. The summed E-state index contributed by atoms with van der Waals surface area (Å²) in [6.07, 6.45) is 0. The Kier molecular flexibility index (Phi) is 8.22. The van der Waals surface area contributed by atoms with Gasteiger partial charge in [0.1, 0.15) is 47.9 Å². The zero-order valence-electron chi connectivity index (χ0n) is 12.6. The lowest BCUT2D eigenvalue weighted by Crippen LogP contribution is -2.08. The maximum Gasteiger partial charge on any atom is 0.343 e. The Hall–Kier alpha value is -0.600. The lowest BCUT2D eigenvalue weighted by atomic mass is 10.1. The molecule has 5 nitrogen and oxygen atoms in total. The first kappa shape index (κ1) is 20.7. The Morgan fingerprint density at radius 3 is 2.32 bits per heavy atom. The van der Waals surface area contributed by atoms with E-state index in [-0.39, 0.29) is 29.5 Å². The van der Waals surface area contributed by atoms with Gasteiger partial charge in [0.15, 0.2) is 5.75 Å². The number of halogens is 3. The smallest absolute Gasteiger partial charge is 0.343 e. The van der Waals surface area contributed by atoms with Gasteiger partial charge in [-0.15, -0.1) is 0 Å². The molecular weight excluding hydrogens is 597 g/mol. The lowest BCUT2D eigenvalue weighted by Gasteiger charge is -2.17. The van der Waals surface area contributed by atoms with Gasteiger partial charge in [0.2, 0.25) is 0 Å². The van der Waals surface area contributed by atoms with Crippen molar-refractivity contribution in [3.8, 4) is 17.2 Å². The zero-order valence-corrected chi connectivity index (χ0v) is 18.6. The third kappa shape index (κ3) is 5.44. The molecule has 0 unspecified atom stereocenters. The predicted molar refractivity (Wildman–Crippen MR) is 113 cm³/mol. The highest BCUT2D eigenvalue weighted by molar-refractivity contribution is 14.2. The van der Waals surface area contributed by atoms with Crippen LogP contribution < -0.4 is 13.1 Å². The van der Waals surface area contributed by atoms with Crippen LogP contribution in [-0.2, 0) is 6.61 Å². The minimum Gasteiger partial charge on any atom is -0.487 e. The predicted octanol–water partition coefficient (Wildman–Crippen LogP) is 6.17. The molecule has 25 heavy (non-hydrogen) atoms. The molecule has 0 atom stereocenters. The number of carboxylic acid groups (broad SMARTS) is 1. The van der Waals surface area contributed by atoms with Crippen molar-refractivity contribution >= 4 is 66.8 Å². The van der Waals surface area contributed by atoms with E-state index in [9.17, 15) is 14.3 Å². The number of rotatable bonds is 8. The monoisotopic (exact) mass is 608 g/mol. The van der Waals surface area contributed by atoms with Gasteiger partial charge in [-0.1, -0.05) is 12.1 Å². The quantitative estimate of drug-likeness (QED) is 0.285. The van der Waals surface area contributed by atoms with Gasteiger partial charge in [-0.05, 0) is 24.6 Å². The summed E-state index contributed by atoms with van der Waals surface area (Å²) >= 11 is 3.86. The third-order valence-electron chi connectivity index (χ3n) is 3.20. The van der Waals surface area contributed by atoms with Crippen LogP contribution in [0.15, 0.2) is 30.3 Å². The van der Waals surface area contributed by atoms with Crippen molar-refractivity contribution in [2.24, 2.45) is 0 Å². The van der Waals surface area contributed by atoms with Gasteiger partial charge in [-0.2, -0.15) is 0 Å². The summed E-state index contributed by atoms with van der Waals surface area (Å²) in [7, 11) is 2.08. The van der Waals surface area contributed by atoms with Crippen LogP contribution in [0.4, 0.5) is 4.39 Å². The van der Waals surface area contributed by atoms with Gasteiger partial charge in [0.05, 0.1) is 0 Å². The standard InChI is InChI=1S/C15H11FI2O5S2/c1-8-11(22-24-17)6-12(23-25-18)13(15(19)20)14(8)21-7-9-2-4-10(16)5-3-9/h2-6H,7H2,1H3,(H,19,20). The number of carbonyl (C=O) groups is 1. The summed E-state index contributed by atoms with van der Waals surface area (Å²) in [6, 6.07) is 7.30. The number of ether oxygens (including phenoxy) is 1. The lowest BCUT2D eigenvalue weighted by molar-refractivity contribution is 0.0689. The van der Waals surface area contributed by atoms with Crippen molar-refractivity contribution in [1.29, 1.82) is 0 Å². The second-order valence-corrected chi connectivity index (χ2v) is 7.46. The third-order valence-corrected chi connectivity index (χ3v) is 4.76. The van der Waals surface area contributed by atoms with Crippen LogP contribution in [0, 0.1) is 12.7 Å². The fourth-order valence-corrected chi connectivity index (χ4v) is 3.65. The summed E-state index contributed by atoms with van der Waals surface area (Å²) in [6.45, 7) is 1.79. The Morgan fingerprint density at radius 2 is 1.76 bits per heavy atom. The molecular formula is C15H11FI2O5S2. The van der Waals surface area contributed by atoms with Gasteiger partial charge in [-0.3, -0.25) is 0 Å². The Bertz CT molecular complexity index is 759. The minimum atomic E-state index is -1.17. The molecule has 0 fully saturated rings. The number of hydrogen-bond acceptors (Lipinski definition) is 6. The van der Waals surface area contributed by atoms with Crippen molar-refractivity contribution in [2.45, 2.75) is 13.5 Å². The van der Waals surface area contributed by atoms with E-state index in [1.807, 2.05) is 42.4 Å². The summed E-state index contributed by atoms with van der Waals surface area (Å²) in [5.41, 5.74) is 1.15. The Morgan fingerprint density at radius 1 is 1.16 bits per heavy atom. The number of hydrogen-bond donors (Lipinski definition) is 1. The highest BCUT2D eigenvalue weighted by Crippen LogP contribution is 2.42. The summed E-state index contributed by atoms with van der Waals surface area (Å²) in [4.78, 5) is 11.7. The fourth-order valence-electron chi connectivity index (χ4n) is 2.05. The van der Waals surface area contributed by atoms with E-state index >= 15 is 0 Å². The van der Waals surface area contributed by atoms with Gasteiger partial charge in [0, 0.05) is 54.0 Å². The van der Waals surface area contributed by atoms with E-state index in [2.05, 4.69) is 0 Å². The highest BCUT2D eigenvalue weighted by Gasteiger charge is 2.25. The molecule has 0 amide bonds. The fraction of sp³-hybridized carbons (Fsp3) is 0.133. The van der Waals surface area contributed by atoms with Crippen LogP contribution >= 0.6 is 60.8 Å². The molecule has 0 saturated heterocycles. The SMILES string of the molecule is Cc1c(OSI)cc(OSI)c(C(=O)O)c1OCc1ccc(F)cc1. The van der Waals surface area contributed by atoms with E-state index in [4.69, 9.17) is 13.1 Å². The molecule has 2 aromatic rings. The van der Waals surface area contributed by atoms with Crippen LogP contribution in [-0.4, -0.2) is 11.1 Å². The number of benzene rings is 2.